The highest BCUT2D eigenvalue weighted by Gasteiger charge is 2.30. The molecule has 6 nitrogen and oxygen atoms in total. The van der Waals surface area contributed by atoms with E-state index in [9.17, 15) is 9.59 Å². The molecule has 3 aliphatic rings. The van der Waals surface area contributed by atoms with E-state index in [1.165, 1.54) is 11.3 Å². The van der Waals surface area contributed by atoms with E-state index in [0.29, 0.717) is 12.6 Å². The lowest BCUT2D eigenvalue weighted by atomic mass is 10.0. The average Bonchev–Trinajstić information content (AvgIpc) is 3.13. The molecule has 0 unspecified atom stereocenters. The van der Waals surface area contributed by atoms with Crippen LogP contribution in [-0.2, 0) is 11.2 Å². The second kappa shape index (κ2) is 7.46. The maximum absolute atomic E-state index is 13.2. The molecule has 28 heavy (non-hydrogen) atoms. The molecular weight excluding hydrogens is 374 g/mol. The number of carbonyl (C=O) groups is 2. The number of carbonyl (C=O) groups excluding carboxylic acids is 2. The number of rotatable bonds is 2. The van der Waals surface area contributed by atoms with Crippen molar-refractivity contribution in [1.82, 2.24) is 15.1 Å². The fraction of sp³-hybridized carbons (Fsp3) is 0.524. The third-order valence-electron chi connectivity index (χ3n) is 6.15. The summed E-state index contributed by atoms with van der Waals surface area (Å²) in [5.41, 5.74) is 1.84. The van der Waals surface area contributed by atoms with Gasteiger partial charge in [-0.3, -0.25) is 14.5 Å². The molecule has 0 spiro atoms. The summed E-state index contributed by atoms with van der Waals surface area (Å²) in [7, 11) is 0. The van der Waals surface area contributed by atoms with Crippen LogP contribution in [0.1, 0.15) is 38.4 Å². The summed E-state index contributed by atoms with van der Waals surface area (Å²) in [4.78, 5) is 30.6. The number of hydrogen-bond acceptors (Lipinski definition) is 5. The molecule has 1 N–H and O–H groups in total. The van der Waals surface area contributed by atoms with Crippen LogP contribution in [0.15, 0.2) is 18.2 Å². The summed E-state index contributed by atoms with van der Waals surface area (Å²) >= 11 is 1.53. The molecule has 0 radical (unpaired) electrons. The number of hydrogen-bond donors (Lipinski definition) is 1. The van der Waals surface area contributed by atoms with E-state index in [1.54, 1.807) is 0 Å². The quantitative estimate of drug-likeness (QED) is 0.840. The van der Waals surface area contributed by atoms with E-state index >= 15 is 0 Å². The van der Waals surface area contributed by atoms with Crippen molar-refractivity contribution in [2.75, 3.05) is 45.9 Å². The number of benzene rings is 1. The van der Waals surface area contributed by atoms with Crippen molar-refractivity contribution >= 4 is 33.2 Å². The average molecular weight is 400 g/mol. The molecule has 1 aromatic carbocycles. The first kappa shape index (κ1) is 18.1. The number of nitrogens with zero attached hydrogens (tertiary/aromatic N) is 2. The highest BCUT2D eigenvalue weighted by Crippen LogP contribution is 2.34. The summed E-state index contributed by atoms with van der Waals surface area (Å²) in [6, 6.07) is 6.36. The number of amides is 2. The summed E-state index contributed by atoms with van der Waals surface area (Å²) in [5, 5.41) is 3.98. The van der Waals surface area contributed by atoms with Crippen molar-refractivity contribution in [3.8, 4) is 0 Å². The molecule has 1 atom stereocenters. The van der Waals surface area contributed by atoms with Crippen molar-refractivity contribution in [2.24, 2.45) is 0 Å². The van der Waals surface area contributed by atoms with E-state index in [2.05, 4.69) is 10.2 Å². The van der Waals surface area contributed by atoms with Crippen molar-refractivity contribution in [3.05, 3.63) is 34.2 Å². The Hall–Kier alpha value is -1.96. The molecule has 2 aromatic rings. The molecule has 0 aliphatic carbocycles. The summed E-state index contributed by atoms with van der Waals surface area (Å²) in [5.74, 6) is 0.125. The molecular formula is C21H25N3O3S. The smallest absolute Gasteiger partial charge is 0.261 e. The number of ether oxygens (including phenoxy) is 1. The zero-order valence-corrected chi connectivity index (χ0v) is 16.7. The zero-order valence-electron chi connectivity index (χ0n) is 15.9. The SMILES string of the molecule is O=C1NCCc2c1sc1ccc(C(=O)N3CCC[C@H](N4CCOCC4)C3)cc21. The first-order chi connectivity index (χ1) is 13.7. The zero-order chi connectivity index (χ0) is 19.1. The Labute approximate surface area is 168 Å². The van der Waals surface area contributed by atoms with E-state index in [-0.39, 0.29) is 11.8 Å². The van der Waals surface area contributed by atoms with Gasteiger partial charge < -0.3 is 15.0 Å². The molecule has 4 heterocycles. The minimum atomic E-state index is 0.0136. The van der Waals surface area contributed by atoms with Gasteiger partial charge in [0.2, 0.25) is 0 Å². The van der Waals surface area contributed by atoms with Gasteiger partial charge in [0.25, 0.3) is 11.8 Å². The maximum atomic E-state index is 13.2. The Morgan fingerprint density at radius 3 is 2.93 bits per heavy atom. The van der Waals surface area contributed by atoms with Gasteiger partial charge in [0.05, 0.1) is 18.1 Å². The molecule has 148 valence electrons. The van der Waals surface area contributed by atoms with Gasteiger partial charge in [0.15, 0.2) is 0 Å². The molecule has 1 aromatic heterocycles. The fourth-order valence-electron chi connectivity index (χ4n) is 4.66. The largest absolute Gasteiger partial charge is 0.379 e. The second-order valence-corrected chi connectivity index (χ2v) is 8.87. The number of morpholine rings is 1. The highest BCUT2D eigenvalue weighted by atomic mass is 32.1. The number of fused-ring (bicyclic) bond motifs is 3. The second-order valence-electron chi connectivity index (χ2n) is 7.82. The number of piperidine rings is 1. The van der Waals surface area contributed by atoms with Crippen LogP contribution in [0.5, 0.6) is 0 Å². The van der Waals surface area contributed by atoms with Crippen LogP contribution in [0.2, 0.25) is 0 Å². The number of nitrogens with one attached hydrogen (secondary N) is 1. The minimum absolute atomic E-state index is 0.0136. The Balaban J connectivity index is 1.38. The molecule has 2 saturated heterocycles. The van der Waals surface area contributed by atoms with Crippen LogP contribution in [0.4, 0.5) is 0 Å². The fourth-order valence-corrected chi connectivity index (χ4v) is 5.81. The van der Waals surface area contributed by atoms with Gasteiger partial charge >= 0.3 is 0 Å². The van der Waals surface area contributed by atoms with Crippen LogP contribution >= 0.6 is 11.3 Å². The van der Waals surface area contributed by atoms with E-state index in [1.807, 2.05) is 23.1 Å². The Morgan fingerprint density at radius 2 is 2.07 bits per heavy atom. The summed E-state index contributed by atoms with van der Waals surface area (Å²) < 4.78 is 6.56. The van der Waals surface area contributed by atoms with E-state index < -0.39 is 0 Å². The van der Waals surface area contributed by atoms with Crippen molar-refractivity contribution < 1.29 is 14.3 Å². The predicted octanol–water partition coefficient (Wildman–Crippen LogP) is 2.12. The maximum Gasteiger partial charge on any atom is 0.261 e. The van der Waals surface area contributed by atoms with Gasteiger partial charge in [-0.1, -0.05) is 0 Å². The van der Waals surface area contributed by atoms with E-state index in [4.69, 9.17) is 4.74 Å². The number of likely N-dealkylation sites (tertiary alicyclic amines) is 1. The van der Waals surface area contributed by atoms with Gasteiger partial charge in [0.1, 0.15) is 0 Å². The lowest BCUT2D eigenvalue weighted by Crippen LogP contribution is -2.52. The van der Waals surface area contributed by atoms with Gasteiger partial charge in [0, 0.05) is 49.0 Å². The topological polar surface area (TPSA) is 61.9 Å². The molecule has 2 amide bonds. The molecule has 0 bridgehead atoms. The Bertz CT molecular complexity index is 919. The van der Waals surface area contributed by atoms with Crippen molar-refractivity contribution in [3.63, 3.8) is 0 Å². The van der Waals surface area contributed by atoms with Crippen LogP contribution in [0.25, 0.3) is 10.1 Å². The first-order valence-corrected chi connectivity index (χ1v) is 11.0. The molecule has 3 aliphatic heterocycles. The molecule has 0 saturated carbocycles. The van der Waals surface area contributed by atoms with Crippen LogP contribution < -0.4 is 5.32 Å². The first-order valence-electron chi connectivity index (χ1n) is 10.2. The molecule has 7 heteroatoms. The third-order valence-corrected chi connectivity index (χ3v) is 7.36. The van der Waals surface area contributed by atoms with Gasteiger partial charge in [-0.25, -0.2) is 0 Å². The predicted molar refractivity (Wildman–Crippen MR) is 109 cm³/mol. The number of thiophene rings is 1. The van der Waals surface area contributed by atoms with Crippen molar-refractivity contribution in [2.45, 2.75) is 25.3 Å². The molecule has 2 fully saturated rings. The van der Waals surface area contributed by atoms with Crippen molar-refractivity contribution in [1.29, 1.82) is 0 Å². The normalized spacial score (nSPS) is 23.5. The van der Waals surface area contributed by atoms with Gasteiger partial charge in [-0.2, -0.15) is 0 Å². The minimum Gasteiger partial charge on any atom is -0.379 e. The van der Waals surface area contributed by atoms with Crippen LogP contribution in [0.3, 0.4) is 0 Å². The Kier molecular flexibility index (Phi) is 4.82. The summed E-state index contributed by atoms with van der Waals surface area (Å²) in [6.07, 6.45) is 3.03. The monoisotopic (exact) mass is 399 g/mol. The van der Waals surface area contributed by atoms with Gasteiger partial charge in [-0.15, -0.1) is 11.3 Å². The highest BCUT2D eigenvalue weighted by molar-refractivity contribution is 7.21. The lowest BCUT2D eigenvalue weighted by Gasteiger charge is -2.40. The third kappa shape index (κ3) is 3.21. The van der Waals surface area contributed by atoms with E-state index in [0.717, 1.165) is 84.7 Å². The standard InChI is InChI=1S/C21H25N3O3S/c25-20-19-16(5-6-22-20)17-12-14(3-4-18(17)28-19)21(26)24-7-1-2-15(13-24)23-8-10-27-11-9-23/h3-4,12,15H,1-2,5-11,13H2,(H,22,25)/t15-/m0/s1. The summed E-state index contributed by atoms with van der Waals surface area (Å²) in [6.45, 7) is 5.78. The van der Waals surface area contributed by atoms with Crippen LogP contribution in [0, 0.1) is 0 Å². The van der Waals surface area contributed by atoms with Crippen LogP contribution in [-0.4, -0.2) is 73.6 Å². The molecule has 5 rings (SSSR count). The Morgan fingerprint density at radius 1 is 1.21 bits per heavy atom. The van der Waals surface area contributed by atoms with Gasteiger partial charge in [-0.05, 0) is 48.4 Å². The lowest BCUT2D eigenvalue weighted by molar-refractivity contribution is -0.00120.